The number of hydrogen-bond donors (Lipinski definition) is 1. The topological polar surface area (TPSA) is 35.6 Å². The van der Waals surface area contributed by atoms with E-state index in [0.717, 1.165) is 32.2 Å². The standard InChI is InChI=1S/C11H23N3O/c1-4-14(5-2)11(15)12-8-9-13(3)10-6-7-10/h10H,4-9H2,1-3H3,(H,12,15). The second kappa shape index (κ2) is 5.95. The zero-order valence-electron chi connectivity index (χ0n) is 10.1. The first-order valence-electron chi connectivity index (χ1n) is 5.92. The molecule has 1 rings (SSSR count). The summed E-state index contributed by atoms with van der Waals surface area (Å²) in [6.45, 7) is 7.26. The fourth-order valence-electron chi connectivity index (χ4n) is 1.66. The molecule has 1 aliphatic carbocycles. The highest BCUT2D eigenvalue weighted by atomic mass is 16.2. The molecule has 0 aliphatic heterocycles. The van der Waals surface area contributed by atoms with Gasteiger partial charge in [0.15, 0.2) is 0 Å². The molecule has 0 saturated heterocycles. The van der Waals surface area contributed by atoms with Crippen LogP contribution in [0.15, 0.2) is 0 Å². The van der Waals surface area contributed by atoms with Crippen LogP contribution in [-0.4, -0.2) is 55.1 Å². The normalized spacial score (nSPS) is 15.5. The Morgan fingerprint density at radius 2 is 1.93 bits per heavy atom. The van der Waals surface area contributed by atoms with Gasteiger partial charge in [0.25, 0.3) is 0 Å². The molecule has 1 aliphatic rings. The molecular formula is C11H23N3O. The average molecular weight is 213 g/mol. The van der Waals surface area contributed by atoms with Gasteiger partial charge in [-0.1, -0.05) is 0 Å². The molecule has 0 atom stereocenters. The van der Waals surface area contributed by atoms with Crippen LogP contribution in [0, 0.1) is 0 Å². The van der Waals surface area contributed by atoms with E-state index in [4.69, 9.17) is 0 Å². The van der Waals surface area contributed by atoms with Gasteiger partial charge in [0.05, 0.1) is 0 Å². The zero-order valence-corrected chi connectivity index (χ0v) is 10.1. The molecule has 0 radical (unpaired) electrons. The Labute approximate surface area is 92.6 Å². The van der Waals surface area contributed by atoms with Crippen molar-refractivity contribution < 1.29 is 4.79 Å². The van der Waals surface area contributed by atoms with Gasteiger partial charge in [0.2, 0.25) is 0 Å². The van der Waals surface area contributed by atoms with Gasteiger partial charge in [-0.2, -0.15) is 0 Å². The molecule has 1 fully saturated rings. The number of likely N-dealkylation sites (N-methyl/N-ethyl adjacent to an activating group) is 1. The monoisotopic (exact) mass is 213 g/mol. The molecule has 0 spiro atoms. The van der Waals surface area contributed by atoms with Crippen molar-refractivity contribution in [3.8, 4) is 0 Å². The molecule has 0 aromatic heterocycles. The highest BCUT2D eigenvalue weighted by molar-refractivity contribution is 5.74. The van der Waals surface area contributed by atoms with Crippen molar-refractivity contribution in [1.82, 2.24) is 15.1 Å². The summed E-state index contributed by atoms with van der Waals surface area (Å²) in [5, 5.41) is 2.94. The Hall–Kier alpha value is -0.770. The van der Waals surface area contributed by atoms with E-state index >= 15 is 0 Å². The molecule has 0 aromatic carbocycles. The molecule has 1 saturated carbocycles. The van der Waals surface area contributed by atoms with Gasteiger partial charge < -0.3 is 15.1 Å². The van der Waals surface area contributed by atoms with Crippen LogP contribution >= 0.6 is 0 Å². The smallest absolute Gasteiger partial charge is 0.317 e. The molecule has 2 amide bonds. The summed E-state index contributed by atoms with van der Waals surface area (Å²) in [6, 6.07) is 0.833. The van der Waals surface area contributed by atoms with Gasteiger partial charge in [-0.25, -0.2) is 4.79 Å². The predicted molar refractivity (Wildman–Crippen MR) is 62.0 cm³/mol. The van der Waals surface area contributed by atoms with Crippen LogP contribution in [0.1, 0.15) is 26.7 Å². The first-order valence-corrected chi connectivity index (χ1v) is 5.92. The summed E-state index contributed by atoms with van der Waals surface area (Å²) in [6.07, 6.45) is 2.64. The lowest BCUT2D eigenvalue weighted by Gasteiger charge is -2.21. The highest BCUT2D eigenvalue weighted by Gasteiger charge is 2.25. The van der Waals surface area contributed by atoms with E-state index in [1.807, 2.05) is 13.8 Å². The lowest BCUT2D eigenvalue weighted by molar-refractivity contribution is 0.201. The summed E-state index contributed by atoms with van der Waals surface area (Å²) >= 11 is 0. The molecule has 15 heavy (non-hydrogen) atoms. The molecule has 0 aromatic rings. The van der Waals surface area contributed by atoms with Crippen LogP contribution in [0.5, 0.6) is 0 Å². The van der Waals surface area contributed by atoms with Crippen molar-refractivity contribution in [1.29, 1.82) is 0 Å². The number of carbonyl (C=O) groups excluding carboxylic acids is 1. The van der Waals surface area contributed by atoms with E-state index in [1.54, 1.807) is 4.90 Å². The summed E-state index contributed by atoms with van der Waals surface area (Å²) in [5.41, 5.74) is 0. The molecule has 88 valence electrons. The largest absolute Gasteiger partial charge is 0.337 e. The maximum absolute atomic E-state index is 11.6. The van der Waals surface area contributed by atoms with Crippen LogP contribution in [0.4, 0.5) is 4.79 Å². The van der Waals surface area contributed by atoms with Crippen molar-refractivity contribution in [2.75, 3.05) is 33.2 Å². The summed E-state index contributed by atoms with van der Waals surface area (Å²) < 4.78 is 0. The van der Waals surface area contributed by atoms with E-state index in [0.29, 0.717) is 0 Å². The van der Waals surface area contributed by atoms with Crippen molar-refractivity contribution >= 4 is 6.03 Å². The van der Waals surface area contributed by atoms with Gasteiger partial charge >= 0.3 is 6.03 Å². The minimum absolute atomic E-state index is 0.0594. The number of nitrogens with one attached hydrogen (secondary N) is 1. The maximum atomic E-state index is 11.6. The van der Waals surface area contributed by atoms with Crippen LogP contribution in [-0.2, 0) is 0 Å². The number of urea groups is 1. The Morgan fingerprint density at radius 1 is 1.33 bits per heavy atom. The second-order valence-electron chi connectivity index (χ2n) is 4.12. The summed E-state index contributed by atoms with van der Waals surface area (Å²) in [4.78, 5) is 15.7. The number of carbonyl (C=O) groups is 1. The minimum Gasteiger partial charge on any atom is -0.337 e. The van der Waals surface area contributed by atoms with Crippen molar-refractivity contribution in [2.45, 2.75) is 32.7 Å². The second-order valence-corrected chi connectivity index (χ2v) is 4.12. The van der Waals surface area contributed by atoms with Gasteiger partial charge in [-0.3, -0.25) is 0 Å². The van der Waals surface area contributed by atoms with E-state index in [9.17, 15) is 4.79 Å². The van der Waals surface area contributed by atoms with E-state index in [-0.39, 0.29) is 6.03 Å². The summed E-state index contributed by atoms with van der Waals surface area (Å²) in [7, 11) is 2.13. The van der Waals surface area contributed by atoms with Crippen molar-refractivity contribution in [3.63, 3.8) is 0 Å². The zero-order chi connectivity index (χ0) is 11.3. The first-order chi connectivity index (χ1) is 7.19. The number of rotatable bonds is 6. The molecular weight excluding hydrogens is 190 g/mol. The average Bonchev–Trinajstić information content (AvgIpc) is 3.02. The third-order valence-electron chi connectivity index (χ3n) is 2.96. The van der Waals surface area contributed by atoms with E-state index in [2.05, 4.69) is 17.3 Å². The molecule has 0 heterocycles. The fourth-order valence-corrected chi connectivity index (χ4v) is 1.66. The maximum Gasteiger partial charge on any atom is 0.317 e. The number of hydrogen-bond acceptors (Lipinski definition) is 2. The van der Waals surface area contributed by atoms with Gasteiger partial charge in [-0.05, 0) is 33.7 Å². The Kier molecular flexibility index (Phi) is 4.88. The number of amides is 2. The SMILES string of the molecule is CCN(CC)C(=O)NCCN(C)C1CC1. The quantitative estimate of drug-likeness (QED) is 0.718. The molecule has 4 heteroatoms. The minimum atomic E-state index is 0.0594. The van der Waals surface area contributed by atoms with Crippen LogP contribution < -0.4 is 5.32 Å². The third kappa shape index (κ3) is 4.08. The molecule has 0 unspecified atom stereocenters. The highest BCUT2D eigenvalue weighted by Crippen LogP contribution is 2.24. The third-order valence-corrected chi connectivity index (χ3v) is 2.96. The van der Waals surface area contributed by atoms with Gasteiger partial charge in [0, 0.05) is 32.2 Å². The molecule has 0 bridgehead atoms. The number of nitrogens with zero attached hydrogens (tertiary/aromatic N) is 2. The first kappa shape index (κ1) is 12.3. The fraction of sp³-hybridized carbons (Fsp3) is 0.909. The van der Waals surface area contributed by atoms with Crippen LogP contribution in [0.2, 0.25) is 0 Å². The van der Waals surface area contributed by atoms with E-state index < -0.39 is 0 Å². The van der Waals surface area contributed by atoms with Crippen molar-refractivity contribution in [3.05, 3.63) is 0 Å². The van der Waals surface area contributed by atoms with Gasteiger partial charge in [-0.15, -0.1) is 0 Å². The lowest BCUT2D eigenvalue weighted by Crippen LogP contribution is -2.42. The molecule has 1 N–H and O–H groups in total. The Morgan fingerprint density at radius 3 is 2.40 bits per heavy atom. The Balaban J connectivity index is 2.10. The summed E-state index contributed by atoms with van der Waals surface area (Å²) in [5.74, 6) is 0. The van der Waals surface area contributed by atoms with Crippen molar-refractivity contribution in [2.24, 2.45) is 0 Å². The predicted octanol–water partition coefficient (Wildman–Crippen LogP) is 1.13. The van der Waals surface area contributed by atoms with Crippen LogP contribution in [0.3, 0.4) is 0 Å². The van der Waals surface area contributed by atoms with E-state index in [1.165, 1.54) is 12.8 Å². The Bertz CT molecular complexity index is 200. The van der Waals surface area contributed by atoms with Gasteiger partial charge in [0.1, 0.15) is 0 Å². The van der Waals surface area contributed by atoms with Crippen LogP contribution in [0.25, 0.3) is 0 Å². The lowest BCUT2D eigenvalue weighted by atomic mass is 10.5. The molecule has 4 nitrogen and oxygen atoms in total.